The quantitative estimate of drug-likeness (QED) is 0.766. The highest BCUT2D eigenvalue weighted by Crippen LogP contribution is 2.34. The summed E-state index contributed by atoms with van der Waals surface area (Å²) < 4.78 is 94.3. The minimum Gasteiger partial charge on any atom is -0.426 e. The van der Waals surface area contributed by atoms with E-state index >= 15 is 0 Å². The van der Waals surface area contributed by atoms with Crippen molar-refractivity contribution in [1.29, 1.82) is 0 Å². The molecular formula is C14H10F7N3O2. The number of alkyl halides is 6. The first-order valence-corrected chi connectivity index (χ1v) is 6.79. The lowest BCUT2D eigenvalue weighted by atomic mass is 10.2. The van der Waals surface area contributed by atoms with Crippen LogP contribution >= 0.6 is 0 Å². The average molecular weight is 385 g/mol. The first-order chi connectivity index (χ1) is 12.0. The van der Waals surface area contributed by atoms with E-state index in [4.69, 9.17) is 0 Å². The Balaban J connectivity index is 2.34. The average Bonchev–Trinajstić information content (AvgIpc) is 2.92. The highest BCUT2D eigenvalue weighted by Gasteiger charge is 2.44. The first kappa shape index (κ1) is 19.5. The van der Waals surface area contributed by atoms with Crippen molar-refractivity contribution in [2.45, 2.75) is 19.0 Å². The van der Waals surface area contributed by atoms with Crippen LogP contribution in [0.1, 0.15) is 22.5 Å². The molecule has 0 aliphatic heterocycles. The molecule has 0 radical (unpaired) electrons. The summed E-state index contributed by atoms with van der Waals surface area (Å²) in [5, 5.41) is 5.32. The summed E-state index contributed by atoms with van der Waals surface area (Å²) in [5.41, 5.74) is -2.09. The maximum absolute atomic E-state index is 13.2. The fourth-order valence-electron chi connectivity index (χ4n) is 1.91. The third-order valence-electron chi connectivity index (χ3n) is 3.00. The SMILES string of the molecule is Cn1cc(C(=O)Nc2ccc(F)cc2OC(F)(F)C(F)F)c(C(F)F)n1. The zero-order valence-corrected chi connectivity index (χ0v) is 12.8. The number of hydrogen-bond acceptors (Lipinski definition) is 3. The molecule has 0 bridgehead atoms. The van der Waals surface area contributed by atoms with Gasteiger partial charge < -0.3 is 10.1 Å². The van der Waals surface area contributed by atoms with Gasteiger partial charge in [-0.3, -0.25) is 9.48 Å². The predicted octanol–water partition coefficient (Wildman–Crippen LogP) is 3.99. The van der Waals surface area contributed by atoms with E-state index in [9.17, 15) is 35.5 Å². The summed E-state index contributed by atoms with van der Waals surface area (Å²) in [6, 6.07) is 1.81. The Labute approximate surface area is 141 Å². The lowest BCUT2D eigenvalue weighted by Gasteiger charge is -2.19. The predicted molar refractivity (Wildman–Crippen MR) is 74.1 cm³/mol. The number of carbonyl (C=O) groups is 1. The molecular weight excluding hydrogens is 375 g/mol. The van der Waals surface area contributed by atoms with Crippen molar-refractivity contribution in [2.75, 3.05) is 5.32 Å². The van der Waals surface area contributed by atoms with E-state index in [-0.39, 0.29) is 0 Å². The summed E-state index contributed by atoms with van der Waals surface area (Å²) in [6.45, 7) is 0. The van der Waals surface area contributed by atoms with Gasteiger partial charge in [-0.15, -0.1) is 0 Å². The molecule has 26 heavy (non-hydrogen) atoms. The number of aryl methyl sites for hydroxylation is 1. The van der Waals surface area contributed by atoms with E-state index in [0.717, 1.165) is 23.0 Å². The van der Waals surface area contributed by atoms with E-state index in [2.05, 4.69) is 9.84 Å². The van der Waals surface area contributed by atoms with Crippen molar-refractivity contribution >= 4 is 11.6 Å². The summed E-state index contributed by atoms with van der Waals surface area (Å²) >= 11 is 0. The standard InChI is InChI=1S/C14H10F7N3O2/c1-24-5-7(10(23-24)11(16)17)12(25)22-8-3-2-6(15)4-9(8)26-14(20,21)13(18)19/h2-5,11,13H,1H3,(H,22,25). The molecule has 1 heterocycles. The summed E-state index contributed by atoms with van der Waals surface area (Å²) in [7, 11) is 1.26. The zero-order chi connectivity index (χ0) is 19.6. The minimum absolute atomic E-state index is 0.336. The Bertz CT molecular complexity index is 808. The van der Waals surface area contributed by atoms with Crippen molar-refractivity contribution in [3.63, 3.8) is 0 Å². The van der Waals surface area contributed by atoms with E-state index < -0.39 is 53.4 Å². The van der Waals surface area contributed by atoms with Gasteiger partial charge in [-0.25, -0.2) is 13.2 Å². The molecule has 1 amide bonds. The molecule has 1 N–H and O–H groups in total. The number of hydrogen-bond donors (Lipinski definition) is 1. The number of nitrogens with zero attached hydrogens (tertiary/aromatic N) is 2. The molecule has 0 saturated carbocycles. The molecule has 0 spiro atoms. The monoisotopic (exact) mass is 385 g/mol. The largest absolute Gasteiger partial charge is 0.461 e. The molecule has 0 aliphatic carbocycles. The van der Waals surface area contributed by atoms with Crippen LogP contribution in [-0.4, -0.2) is 28.2 Å². The summed E-state index contributed by atoms with van der Waals surface area (Å²) in [4.78, 5) is 12.1. The van der Waals surface area contributed by atoms with Crippen LogP contribution in [-0.2, 0) is 7.05 Å². The van der Waals surface area contributed by atoms with Crippen molar-refractivity contribution in [3.8, 4) is 5.75 Å². The van der Waals surface area contributed by atoms with Crippen LogP contribution in [0.3, 0.4) is 0 Å². The third-order valence-corrected chi connectivity index (χ3v) is 3.00. The number of benzene rings is 1. The van der Waals surface area contributed by atoms with Gasteiger partial charge in [0.2, 0.25) is 0 Å². The molecule has 5 nitrogen and oxygen atoms in total. The molecule has 0 aliphatic rings. The van der Waals surface area contributed by atoms with Crippen LogP contribution < -0.4 is 10.1 Å². The fraction of sp³-hybridized carbons (Fsp3) is 0.286. The van der Waals surface area contributed by atoms with Crippen LogP contribution in [0.2, 0.25) is 0 Å². The van der Waals surface area contributed by atoms with Crippen LogP contribution in [0.15, 0.2) is 24.4 Å². The summed E-state index contributed by atoms with van der Waals surface area (Å²) in [6.07, 6.45) is -11.4. The van der Waals surface area contributed by atoms with Crippen LogP contribution in [0.5, 0.6) is 5.75 Å². The van der Waals surface area contributed by atoms with Gasteiger partial charge in [0, 0.05) is 19.3 Å². The van der Waals surface area contributed by atoms with E-state index in [1.54, 1.807) is 0 Å². The van der Waals surface area contributed by atoms with Crippen molar-refractivity contribution < 1.29 is 40.3 Å². The Kier molecular flexibility index (Phi) is 5.42. The highest BCUT2D eigenvalue weighted by atomic mass is 19.3. The zero-order valence-electron chi connectivity index (χ0n) is 12.8. The van der Waals surface area contributed by atoms with Crippen LogP contribution in [0, 0.1) is 5.82 Å². The highest BCUT2D eigenvalue weighted by molar-refractivity contribution is 6.05. The maximum Gasteiger partial charge on any atom is 0.461 e. The molecule has 0 unspecified atom stereocenters. The smallest absolute Gasteiger partial charge is 0.426 e. The number of anilines is 1. The van der Waals surface area contributed by atoms with E-state index in [1.165, 1.54) is 7.05 Å². The number of halogens is 7. The normalized spacial score (nSPS) is 11.9. The van der Waals surface area contributed by atoms with Gasteiger partial charge in [0.1, 0.15) is 11.5 Å². The molecule has 0 saturated heterocycles. The molecule has 2 rings (SSSR count). The van der Waals surface area contributed by atoms with Crippen LogP contribution in [0.25, 0.3) is 0 Å². The Morgan fingerprint density at radius 3 is 2.50 bits per heavy atom. The number of nitrogens with one attached hydrogen (secondary N) is 1. The number of amides is 1. The second kappa shape index (κ2) is 7.22. The van der Waals surface area contributed by atoms with Gasteiger partial charge in [-0.2, -0.15) is 22.7 Å². The Morgan fingerprint density at radius 2 is 1.92 bits per heavy atom. The second-order valence-corrected chi connectivity index (χ2v) is 4.96. The van der Waals surface area contributed by atoms with Crippen molar-refractivity contribution in [2.24, 2.45) is 7.05 Å². The van der Waals surface area contributed by atoms with Gasteiger partial charge in [-0.1, -0.05) is 0 Å². The van der Waals surface area contributed by atoms with Gasteiger partial charge in [-0.05, 0) is 12.1 Å². The number of aromatic nitrogens is 2. The van der Waals surface area contributed by atoms with Gasteiger partial charge in [0.25, 0.3) is 12.3 Å². The number of carbonyl (C=O) groups excluding carboxylic acids is 1. The van der Waals surface area contributed by atoms with Crippen molar-refractivity contribution in [1.82, 2.24) is 9.78 Å². The fourth-order valence-corrected chi connectivity index (χ4v) is 1.91. The molecule has 12 heteroatoms. The Hall–Kier alpha value is -2.79. The summed E-state index contributed by atoms with van der Waals surface area (Å²) in [5.74, 6) is -3.42. The number of ether oxygens (including phenoxy) is 1. The lowest BCUT2D eigenvalue weighted by Crippen LogP contribution is -2.33. The second-order valence-electron chi connectivity index (χ2n) is 4.96. The van der Waals surface area contributed by atoms with Gasteiger partial charge in [0.05, 0.1) is 11.3 Å². The van der Waals surface area contributed by atoms with E-state index in [1.807, 2.05) is 5.32 Å². The number of rotatable bonds is 6. The maximum atomic E-state index is 13.2. The Morgan fingerprint density at radius 1 is 1.27 bits per heavy atom. The molecule has 1 aromatic heterocycles. The molecule has 142 valence electrons. The van der Waals surface area contributed by atoms with Gasteiger partial charge >= 0.3 is 12.5 Å². The molecule has 1 aromatic carbocycles. The lowest BCUT2D eigenvalue weighted by molar-refractivity contribution is -0.253. The minimum atomic E-state index is -4.96. The first-order valence-electron chi connectivity index (χ1n) is 6.79. The van der Waals surface area contributed by atoms with E-state index in [0.29, 0.717) is 6.07 Å². The topological polar surface area (TPSA) is 56.2 Å². The molecule has 0 atom stereocenters. The molecule has 0 fully saturated rings. The molecule has 2 aromatic rings. The van der Waals surface area contributed by atoms with Crippen LogP contribution in [0.4, 0.5) is 36.4 Å². The third kappa shape index (κ3) is 4.24. The van der Waals surface area contributed by atoms with Gasteiger partial charge in [0.15, 0.2) is 5.75 Å². The van der Waals surface area contributed by atoms with Crippen molar-refractivity contribution in [3.05, 3.63) is 41.5 Å².